The van der Waals surface area contributed by atoms with Crippen molar-refractivity contribution in [3.8, 4) is 0 Å². The SMILES string of the molecule is CC(O)c1ccccc1Sc1ccc2cc(Br)ccc2c1. The molecule has 1 N–H and O–H groups in total. The normalized spacial score (nSPS) is 12.5. The quantitative estimate of drug-likeness (QED) is 0.637. The Morgan fingerprint density at radius 3 is 2.48 bits per heavy atom. The Balaban J connectivity index is 1.97. The molecule has 0 aliphatic carbocycles. The van der Waals surface area contributed by atoms with Crippen LogP contribution in [0, 0.1) is 0 Å². The highest BCUT2D eigenvalue weighted by Crippen LogP contribution is 2.35. The number of aliphatic hydroxyl groups is 1. The van der Waals surface area contributed by atoms with Gasteiger partial charge in [-0.2, -0.15) is 0 Å². The van der Waals surface area contributed by atoms with Crippen LogP contribution in [0.15, 0.2) is 74.9 Å². The van der Waals surface area contributed by atoms with Crippen molar-refractivity contribution in [3.05, 3.63) is 70.7 Å². The molecule has 0 spiro atoms. The number of hydrogen-bond acceptors (Lipinski definition) is 2. The molecule has 3 aromatic carbocycles. The first-order chi connectivity index (χ1) is 10.1. The fourth-order valence-corrected chi connectivity index (χ4v) is 3.76. The van der Waals surface area contributed by atoms with Gasteiger partial charge in [0.1, 0.15) is 0 Å². The van der Waals surface area contributed by atoms with Gasteiger partial charge in [-0.1, -0.05) is 58.0 Å². The van der Waals surface area contributed by atoms with Crippen LogP contribution in [0.4, 0.5) is 0 Å². The summed E-state index contributed by atoms with van der Waals surface area (Å²) in [6, 6.07) is 20.7. The summed E-state index contributed by atoms with van der Waals surface area (Å²) in [6.07, 6.45) is -0.454. The number of halogens is 1. The van der Waals surface area contributed by atoms with Gasteiger partial charge in [0.05, 0.1) is 6.10 Å². The van der Waals surface area contributed by atoms with Crippen LogP contribution in [-0.2, 0) is 0 Å². The van der Waals surface area contributed by atoms with E-state index in [4.69, 9.17) is 0 Å². The highest BCUT2D eigenvalue weighted by molar-refractivity contribution is 9.10. The highest BCUT2D eigenvalue weighted by atomic mass is 79.9. The van der Waals surface area contributed by atoms with Gasteiger partial charge in [-0.25, -0.2) is 0 Å². The molecule has 0 aromatic heterocycles. The lowest BCUT2D eigenvalue weighted by atomic mass is 10.1. The molecule has 1 atom stereocenters. The fraction of sp³-hybridized carbons (Fsp3) is 0.111. The molecule has 3 rings (SSSR count). The van der Waals surface area contributed by atoms with Gasteiger partial charge in [-0.15, -0.1) is 0 Å². The van der Waals surface area contributed by atoms with Gasteiger partial charge < -0.3 is 5.11 Å². The van der Waals surface area contributed by atoms with Crippen LogP contribution in [0.1, 0.15) is 18.6 Å². The summed E-state index contributed by atoms with van der Waals surface area (Å²) in [7, 11) is 0. The van der Waals surface area contributed by atoms with E-state index in [1.807, 2.05) is 18.2 Å². The molecule has 0 saturated carbocycles. The standard InChI is InChI=1S/C18H15BrOS/c1-12(20)17-4-2-3-5-18(17)21-16-9-7-13-10-15(19)8-6-14(13)11-16/h2-12,20H,1H3. The van der Waals surface area contributed by atoms with Gasteiger partial charge in [-0.3, -0.25) is 0 Å². The molecule has 106 valence electrons. The Bertz CT molecular complexity index is 783. The van der Waals surface area contributed by atoms with E-state index >= 15 is 0 Å². The van der Waals surface area contributed by atoms with Gasteiger partial charge >= 0.3 is 0 Å². The number of benzene rings is 3. The Morgan fingerprint density at radius 1 is 0.952 bits per heavy atom. The lowest BCUT2D eigenvalue weighted by molar-refractivity contribution is 0.196. The maximum atomic E-state index is 9.87. The van der Waals surface area contributed by atoms with E-state index in [9.17, 15) is 5.11 Å². The topological polar surface area (TPSA) is 20.2 Å². The lowest BCUT2D eigenvalue weighted by Gasteiger charge is -2.11. The maximum absolute atomic E-state index is 9.87. The molecule has 0 fully saturated rings. The van der Waals surface area contributed by atoms with E-state index in [-0.39, 0.29) is 0 Å². The molecular weight excluding hydrogens is 344 g/mol. The van der Waals surface area contributed by atoms with E-state index in [1.165, 1.54) is 15.7 Å². The Kier molecular flexibility index (Phi) is 4.34. The molecule has 3 heteroatoms. The molecule has 1 unspecified atom stereocenters. The molecular formula is C18H15BrOS. The Labute approximate surface area is 137 Å². The van der Waals surface area contributed by atoms with Gasteiger partial charge in [0.2, 0.25) is 0 Å². The third kappa shape index (κ3) is 3.31. The second-order valence-corrected chi connectivity index (χ2v) is 7.00. The zero-order chi connectivity index (χ0) is 14.8. The van der Waals surface area contributed by atoms with Gasteiger partial charge in [0.15, 0.2) is 0 Å². The van der Waals surface area contributed by atoms with Crippen molar-refractivity contribution in [2.75, 3.05) is 0 Å². The van der Waals surface area contributed by atoms with Gasteiger partial charge in [-0.05, 0) is 53.6 Å². The number of hydrogen-bond donors (Lipinski definition) is 1. The molecule has 21 heavy (non-hydrogen) atoms. The minimum absolute atomic E-state index is 0.454. The average Bonchev–Trinajstić information content (AvgIpc) is 2.48. The first kappa shape index (κ1) is 14.6. The van der Waals surface area contributed by atoms with E-state index in [0.29, 0.717) is 0 Å². The van der Waals surface area contributed by atoms with E-state index < -0.39 is 6.10 Å². The molecule has 0 aliphatic heterocycles. The van der Waals surface area contributed by atoms with Crippen LogP contribution in [0.5, 0.6) is 0 Å². The van der Waals surface area contributed by atoms with Crippen molar-refractivity contribution < 1.29 is 5.11 Å². The highest BCUT2D eigenvalue weighted by Gasteiger charge is 2.08. The van der Waals surface area contributed by atoms with Crippen molar-refractivity contribution in [1.29, 1.82) is 0 Å². The van der Waals surface area contributed by atoms with Gasteiger partial charge in [0, 0.05) is 14.3 Å². The summed E-state index contributed by atoms with van der Waals surface area (Å²) in [4.78, 5) is 2.28. The largest absolute Gasteiger partial charge is 0.389 e. The summed E-state index contributed by atoms with van der Waals surface area (Å²) < 4.78 is 1.09. The fourth-order valence-electron chi connectivity index (χ4n) is 2.30. The first-order valence-electron chi connectivity index (χ1n) is 6.77. The summed E-state index contributed by atoms with van der Waals surface area (Å²) >= 11 is 5.19. The smallest absolute Gasteiger partial charge is 0.0772 e. The van der Waals surface area contributed by atoms with Crippen LogP contribution in [0.3, 0.4) is 0 Å². The van der Waals surface area contributed by atoms with Crippen LogP contribution >= 0.6 is 27.7 Å². The molecule has 0 aliphatic rings. The Morgan fingerprint density at radius 2 is 1.67 bits per heavy atom. The number of aliphatic hydroxyl groups excluding tert-OH is 1. The minimum atomic E-state index is -0.454. The van der Waals surface area contributed by atoms with Crippen molar-refractivity contribution in [3.63, 3.8) is 0 Å². The van der Waals surface area contributed by atoms with Crippen molar-refractivity contribution in [2.24, 2.45) is 0 Å². The third-order valence-electron chi connectivity index (χ3n) is 3.37. The molecule has 1 nitrogen and oxygen atoms in total. The number of fused-ring (bicyclic) bond motifs is 1. The molecule has 0 heterocycles. The molecule has 0 amide bonds. The van der Waals surface area contributed by atoms with Gasteiger partial charge in [0.25, 0.3) is 0 Å². The van der Waals surface area contributed by atoms with Crippen molar-refractivity contribution >= 4 is 38.5 Å². The third-order valence-corrected chi connectivity index (χ3v) is 4.95. The average molecular weight is 359 g/mol. The van der Waals surface area contributed by atoms with E-state index in [1.54, 1.807) is 18.7 Å². The molecule has 0 saturated heterocycles. The van der Waals surface area contributed by atoms with E-state index in [0.717, 1.165) is 14.9 Å². The number of rotatable bonds is 3. The minimum Gasteiger partial charge on any atom is -0.389 e. The van der Waals surface area contributed by atoms with Crippen molar-refractivity contribution in [1.82, 2.24) is 0 Å². The summed E-state index contributed by atoms with van der Waals surface area (Å²) in [5, 5.41) is 12.3. The van der Waals surface area contributed by atoms with Crippen LogP contribution in [0.25, 0.3) is 10.8 Å². The second-order valence-electron chi connectivity index (χ2n) is 4.97. The van der Waals surface area contributed by atoms with Crippen LogP contribution in [0.2, 0.25) is 0 Å². The Hall–Kier alpha value is -1.29. The predicted octanol–water partition coefficient (Wildman–Crippen LogP) is 5.81. The van der Waals surface area contributed by atoms with Crippen LogP contribution in [-0.4, -0.2) is 5.11 Å². The first-order valence-corrected chi connectivity index (χ1v) is 8.38. The molecule has 0 bridgehead atoms. The molecule has 0 radical (unpaired) electrons. The monoisotopic (exact) mass is 358 g/mol. The van der Waals surface area contributed by atoms with E-state index in [2.05, 4.69) is 58.4 Å². The summed E-state index contributed by atoms with van der Waals surface area (Å²) in [5.41, 5.74) is 0.971. The maximum Gasteiger partial charge on any atom is 0.0772 e. The summed E-state index contributed by atoms with van der Waals surface area (Å²) in [6.45, 7) is 1.80. The van der Waals surface area contributed by atoms with Crippen molar-refractivity contribution in [2.45, 2.75) is 22.8 Å². The van der Waals surface area contributed by atoms with Crippen LogP contribution < -0.4 is 0 Å². The summed E-state index contributed by atoms with van der Waals surface area (Å²) in [5.74, 6) is 0. The predicted molar refractivity (Wildman–Crippen MR) is 92.8 cm³/mol. The zero-order valence-corrected chi connectivity index (χ0v) is 14.0. The lowest BCUT2D eigenvalue weighted by Crippen LogP contribution is -1.93. The second kappa shape index (κ2) is 6.22. The molecule has 3 aromatic rings. The zero-order valence-electron chi connectivity index (χ0n) is 11.6.